The molecule has 0 aromatic rings. The Balaban J connectivity index is -0.000000160. The van der Waals surface area contributed by atoms with Gasteiger partial charge in [-0.3, -0.25) is 24.3 Å². The molecule has 184 valence electrons. The van der Waals surface area contributed by atoms with Crippen LogP contribution in [0.2, 0.25) is 26.2 Å². The normalized spacial score (nSPS) is 14.7. The molecule has 4 aliphatic carbocycles. The maximum absolute atomic E-state index is 3.12. The standard InChI is InChI=1S/2C7H9.2C5H5.2C2H6Si.2ClH.2Zr/c2*1-6-4-3-5-7(6)2;2*1-2-4-5-3-1;2*1-3-2;;;;/h2*4H,5H2,1-2H3;2*1-3H,4H2;2*1-2H3;2*1H;;/q4*-1;;;;;2*+2/p-2. The Morgan fingerprint density at radius 3 is 0.971 bits per heavy atom. The molecule has 0 saturated heterocycles. The monoisotopic (exact) mass is 682 g/mol. The van der Waals surface area contributed by atoms with Crippen molar-refractivity contribution in [1.82, 2.24) is 0 Å². The van der Waals surface area contributed by atoms with Crippen LogP contribution in [0.3, 0.4) is 0 Å². The van der Waals surface area contributed by atoms with Gasteiger partial charge in [0.15, 0.2) is 0 Å². The van der Waals surface area contributed by atoms with Crippen molar-refractivity contribution < 1.29 is 71.5 Å². The van der Waals surface area contributed by atoms with Crippen molar-refractivity contribution >= 4 is 10.9 Å². The van der Waals surface area contributed by atoms with E-state index >= 15 is 0 Å². The quantitative estimate of drug-likeness (QED) is 0.272. The second-order valence-corrected chi connectivity index (χ2v) is 26.7. The fourth-order valence-corrected chi connectivity index (χ4v) is 1.92. The van der Waals surface area contributed by atoms with E-state index < -0.39 is 0 Å². The van der Waals surface area contributed by atoms with Gasteiger partial charge in [-0.1, -0.05) is 13.8 Å². The van der Waals surface area contributed by atoms with Crippen LogP contribution in [-0.4, -0.2) is 10.9 Å². The van der Waals surface area contributed by atoms with Crippen molar-refractivity contribution in [3.63, 3.8) is 0 Å². The molecule has 4 aliphatic rings. The average Bonchev–Trinajstić information content (AvgIpc) is 3.50. The zero-order valence-electron chi connectivity index (χ0n) is 22.2. The summed E-state index contributed by atoms with van der Waals surface area (Å²) in [5, 5.41) is 0. The Morgan fingerprint density at radius 1 is 0.618 bits per heavy atom. The first-order valence-electron chi connectivity index (χ1n) is 11.0. The largest absolute Gasteiger partial charge is 1.00 e. The number of halogens is 2. The van der Waals surface area contributed by atoms with Crippen LogP contribution in [0.5, 0.6) is 0 Å². The molecule has 4 rings (SSSR count). The topological polar surface area (TPSA) is 0 Å². The molecule has 0 spiro atoms. The summed E-state index contributed by atoms with van der Waals surface area (Å²) in [5.41, 5.74) is 6.12. The first kappa shape index (κ1) is 41.8. The summed E-state index contributed by atoms with van der Waals surface area (Å²) in [6, 6.07) is 0. The SMILES string of the molecule is CC1=C(C)C[C-]=C1.CC1=C(C)C[C-]=C1.C[Si](C)=[Zr+2].C[Si](C)=[Zr+2].[C-]1=CC=CC1.[C-]1=CC=CC1.[Cl-].[Cl-]. The number of hydrogen-bond acceptors (Lipinski definition) is 0. The van der Waals surface area contributed by atoms with E-state index in [4.69, 9.17) is 0 Å². The molecule has 0 saturated carbocycles. The van der Waals surface area contributed by atoms with E-state index in [1.807, 2.05) is 24.3 Å². The van der Waals surface area contributed by atoms with Gasteiger partial charge < -0.3 is 24.8 Å². The molecule has 0 aliphatic heterocycles. The molecular weight excluding hydrogens is 646 g/mol. The van der Waals surface area contributed by atoms with Crippen molar-refractivity contribution in [3.8, 4) is 0 Å². The van der Waals surface area contributed by atoms with Crippen LogP contribution in [-0.2, 0) is 46.7 Å². The minimum atomic E-state index is 0. The van der Waals surface area contributed by atoms with Gasteiger partial charge in [0.1, 0.15) is 0 Å². The van der Waals surface area contributed by atoms with Gasteiger partial charge in [0.25, 0.3) is 0 Å². The van der Waals surface area contributed by atoms with Gasteiger partial charge in [0, 0.05) is 0 Å². The first-order chi connectivity index (χ1) is 15.1. The van der Waals surface area contributed by atoms with Gasteiger partial charge in [-0.15, -0.1) is 39.5 Å². The predicted molar refractivity (Wildman–Crippen MR) is 140 cm³/mol. The predicted octanol–water partition coefficient (Wildman–Crippen LogP) is 2.36. The van der Waals surface area contributed by atoms with Crippen LogP contribution in [0.25, 0.3) is 0 Å². The summed E-state index contributed by atoms with van der Waals surface area (Å²) < 4.78 is 0. The Hall–Kier alpha value is 0.700. The van der Waals surface area contributed by atoms with E-state index in [0.717, 1.165) is 25.7 Å². The van der Waals surface area contributed by atoms with E-state index in [1.54, 1.807) is 46.7 Å². The second kappa shape index (κ2) is 29.9. The molecule has 0 aromatic heterocycles. The van der Waals surface area contributed by atoms with E-state index in [9.17, 15) is 0 Å². The van der Waals surface area contributed by atoms with Crippen LogP contribution in [0.1, 0.15) is 53.4 Å². The zero-order chi connectivity index (χ0) is 24.8. The minimum absolute atomic E-state index is 0. The molecule has 0 atom stereocenters. The van der Waals surface area contributed by atoms with Crippen LogP contribution < -0.4 is 24.8 Å². The van der Waals surface area contributed by atoms with Gasteiger partial charge in [-0.25, -0.2) is 47.6 Å². The smallest absolute Gasteiger partial charge is 0.109 e. The molecule has 0 fully saturated rings. The Morgan fingerprint density at radius 2 is 0.912 bits per heavy atom. The molecule has 0 N–H and O–H groups in total. The maximum Gasteiger partial charge on any atom is -0.109 e. The Bertz CT molecular complexity index is 716. The average molecular weight is 686 g/mol. The molecule has 34 heavy (non-hydrogen) atoms. The van der Waals surface area contributed by atoms with E-state index in [0.29, 0.717) is 0 Å². The van der Waals surface area contributed by atoms with Crippen molar-refractivity contribution in [1.29, 1.82) is 0 Å². The number of rotatable bonds is 0. The fourth-order valence-electron chi connectivity index (χ4n) is 1.92. The van der Waals surface area contributed by atoms with Crippen molar-refractivity contribution in [2.24, 2.45) is 0 Å². The molecule has 0 nitrogen and oxygen atoms in total. The summed E-state index contributed by atoms with van der Waals surface area (Å²) >= 11 is 3.48. The van der Waals surface area contributed by atoms with Gasteiger partial charge >= 0.3 is 83.7 Å². The van der Waals surface area contributed by atoms with Crippen molar-refractivity contribution in [2.45, 2.75) is 79.6 Å². The van der Waals surface area contributed by atoms with Crippen LogP contribution in [0.4, 0.5) is 0 Å². The van der Waals surface area contributed by atoms with E-state index in [2.05, 4.69) is 102 Å². The van der Waals surface area contributed by atoms with Crippen LogP contribution >= 0.6 is 0 Å². The van der Waals surface area contributed by atoms with Crippen molar-refractivity contribution in [2.75, 3.05) is 0 Å². The summed E-state index contributed by atoms with van der Waals surface area (Å²) in [6.07, 6.45) is 32.4. The Kier molecular flexibility index (Phi) is 36.8. The van der Waals surface area contributed by atoms with E-state index in [1.165, 1.54) is 22.3 Å². The molecule has 6 heteroatoms. The molecule has 0 unspecified atom stereocenters. The summed E-state index contributed by atoms with van der Waals surface area (Å²) in [5.74, 6) is 0. The van der Waals surface area contributed by atoms with Crippen molar-refractivity contribution in [3.05, 3.63) is 95.2 Å². The molecule has 0 heterocycles. The summed E-state index contributed by atoms with van der Waals surface area (Å²) in [7, 11) is 0. The summed E-state index contributed by atoms with van der Waals surface area (Å²) in [6.45, 7) is 17.8. The molecule has 0 bridgehead atoms. The third-order valence-electron chi connectivity index (χ3n) is 3.89. The first-order valence-corrected chi connectivity index (χ1v) is 23.4. The summed E-state index contributed by atoms with van der Waals surface area (Å²) in [4.78, 5) is 0. The zero-order valence-corrected chi connectivity index (χ0v) is 30.6. The Labute approximate surface area is 254 Å². The van der Waals surface area contributed by atoms with Crippen LogP contribution in [0.15, 0.2) is 70.9 Å². The van der Waals surface area contributed by atoms with Crippen LogP contribution in [0, 0.1) is 24.3 Å². The van der Waals surface area contributed by atoms with Gasteiger partial charge in [-0.05, 0) is 0 Å². The minimum Gasteiger partial charge on any atom is -1.00 e. The molecule has 0 radical (unpaired) electrons. The number of hydrogen-bond donors (Lipinski definition) is 0. The van der Waals surface area contributed by atoms with Gasteiger partial charge in [0.05, 0.1) is 0 Å². The van der Waals surface area contributed by atoms with Gasteiger partial charge in [0.2, 0.25) is 0 Å². The molecule has 0 amide bonds. The van der Waals surface area contributed by atoms with Gasteiger partial charge in [-0.2, -0.15) is 23.3 Å². The molecular formula is C28H40Cl2Si2Zr2-2. The fraction of sp³-hybridized carbons (Fsp3) is 0.429. The maximum atomic E-state index is 3.12. The molecule has 0 aromatic carbocycles. The number of allylic oxidation sites excluding steroid dienone is 16. The van der Waals surface area contributed by atoms with E-state index in [-0.39, 0.29) is 35.7 Å². The third-order valence-corrected chi connectivity index (χ3v) is 3.89. The third kappa shape index (κ3) is 34.9. The second-order valence-electron chi connectivity index (χ2n) is 7.98.